The van der Waals surface area contributed by atoms with Gasteiger partial charge in [0, 0.05) is 11.8 Å². The maximum Gasteiger partial charge on any atom is 0.145 e. The first-order valence-electron chi connectivity index (χ1n) is 5.87. The molecule has 0 amide bonds. The fourth-order valence-corrected chi connectivity index (χ4v) is 1.57. The highest BCUT2D eigenvalue weighted by molar-refractivity contribution is 5.85. The van der Waals surface area contributed by atoms with Crippen LogP contribution in [0.3, 0.4) is 0 Å². The Labute approximate surface area is 97.8 Å². The van der Waals surface area contributed by atoms with Crippen LogP contribution in [0.15, 0.2) is 11.5 Å². The van der Waals surface area contributed by atoms with E-state index >= 15 is 0 Å². The molecule has 1 saturated heterocycles. The van der Waals surface area contributed by atoms with Gasteiger partial charge in [0.05, 0.1) is 20.1 Å². The summed E-state index contributed by atoms with van der Waals surface area (Å²) in [5, 5.41) is 0. The van der Waals surface area contributed by atoms with Gasteiger partial charge in [-0.3, -0.25) is 4.79 Å². The largest absolute Gasteiger partial charge is 0.497 e. The zero-order valence-corrected chi connectivity index (χ0v) is 10.8. The second-order valence-corrected chi connectivity index (χ2v) is 5.21. The van der Waals surface area contributed by atoms with Gasteiger partial charge >= 0.3 is 0 Å². The Bertz CT molecular complexity index is 276. The summed E-state index contributed by atoms with van der Waals surface area (Å²) in [7, 11) is 1.61. The van der Waals surface area contributed by atoms with Gasteiger partial charge in [-0.2, -0.15) is 0 Å². The molecule has 0 unspecified atom stereocenters. The molecule has 1 aliphatic rings. The predicted octanol–water partition coefficient (Wildman–Crippen LogP) is 3.05. The quantitative estimate of drug-likeness (QED) is 0.694. The van der Waals surface area contributed by atoms with E-state index in [4.69, 9.17) is 9.47 Å². The van der Waals surface area contributed by atoms with Crippen molar-refractivity contribution in [2.24, 2.45) is 5.41 Å². The van der Waals surface area contributed by atoms with E-state index in [-0.39, 0.29) is 11.2 Å². The normalized spacial score (nSPS) is 20.0. The number of carbonyl (C=O) groups is 1. The van der Waals surface area contributed by atoms with Crippen molar-refractivity contribution in [2.45, 2.75) is 46.5 Å². The minimum Gasteiger partial charge on any atom is -0.497 e. The highest BCUT2D eigenvalue weighted by Crippen LogP contribution is 2.26. The van der Waals surface area contributed by atoms with Crippen LogP contribution in [-0.4, -0.2) is 19.5 Å². The summed E-state index contributed by atoms with van der Waals surface area (Å²) >= 11 is 0. The Morgan fingerprint density at radius 3 is 2.50 bits per heavy atom. The van der Waals surface area contributed by atoms with Crippen molar-refractivity contribution in [3.63, 3.8) is 0 Å². The van der Waals surface area contributed by atoms with E-state index in [1.165, 1.54) is 0 Å². The van der Waals surface area contributed by atoms with Gasteiger partial charge < -0.3 is 9.47 Å². The van der Waals surface area contributed by atoms with Crippen molar-refractivity contribution < 1.29 is 14.3 Å². The van der Waals surface area contributed by atoms with Crippen LogP contribution in [-0.2, 0) is 14.3 Å². The number of allylic oxidation sites excluding steroid dienone is 2. The Morgan fingerprint density at radius 2 is 2.06 bits per heavy atom. The second kappa shape index (κ2) is 5.37. The fourth-order valence-electron chi connectivity index (χ4n) is 1.57. The van der Waals surface area contributed by atoms with Crippen LogP contribution in [0, 0.1) is 5.41 Å². The highest BCUT2D eigenvalue weighted by Gasteiger charge is 2.24. The molecule has 0 aromatic rings. The summed E-state index contributed by atoms with van der Waals surface area (Å²) in [6.45, 7) is 6.52. The Hall–Kier alpha value is -0.990. The smallest absolute Gasteiger partial charge is 0.145 e. The van der Waals surface area contributed by atoms with E-state index in [0.717, 1.165) is 31.6 Å². The minimum atomic E-state index is -0.320. The number of Topliss-reactive ketones (excluding diaryl/α,β-unsaturated/α-hetero) is 1. The molecule has 3 nitrogen and oxygen atoms in total. The zero-order valence-electron chi connectivity index (χ0n) is 10.8. The maximum absolute atomic E-state index is 11.9. The summed E-state index contributed by atoms with van der Waals surface area (Å²) in [5.41, 5.74) is -0.320. The van der Waals surface area contributed by atoms with Gasteiger partial charge in [0.2, 0.25) is 0 Å². The topological polar surface area (TPSA) is 35.5 Å². The van der Waals surface area contributed by atoms with Crippen molar-refractivity contribution in [2.75, 3.05) is 13.7 Å². The lowest BCUT2D eigenvalue weighted by Gasteiger charge is -2.22. The average molecular weight is 226 g/mol. The summed E-state index contributed by atoms with van der Waals surface area (Å²) in [5.74, 6) is 1.76. The molecule has 0 radical (unpaired) electrons. The molecule has 1 heterocycles. The molecule has 0 atom stereocenters. The van der Waals surface area contributed by atoms with Gasteiger partial charge in [-0.05, 0) is 12.8 Å². The monoisotopic (exact) mass is 226 g/mol. The number of hydrogen-bond donors (Lipinski definition) is 0. The number of rotatable bonds is 3. The molecule has 0 bridgehead atoms. The predicted molar refractivity (Wildman–Crippen MR) is 62.9 cm³/mol. The van der Waals surface area contributed by atoms with Crippen molar-refractivity contribution in [3.8, 4) is 0 Å². The lowest BCUT2D eigenvalue weighted by Crippen LogP contribution is -2.21. The molecular formula is C13H22O3. The fraction of sp³-hybridized carbons (Fsp3) is 0.769. The van der Waals surface area contributed by atoms with Gasteiger partial charge in [0.25, 0.3) is 0 Å². The number of methoxy groups -OCH3 is 1. The molecule has 0 aromatic carbocycles. The highest BCUT2D eigenvalue weighted by atomic mass is 16.5. The van der Waals surface area contributed by atoms with Crippen LogP contribution in [0.2, 0.25) is 0 Å². The van der Waals surface area contributed by atoms with E-state index in [1.54, 1.807) is 7.11 Å². The molecule has 16 heavy (non-hydrogen) atoms. The molecular weight excluding hydrogens is 204 g/mol. The maximum atomic E-state index is 11.9. The average Bonchev–Trinajstić information content (AvgIpc) is 2.25. The Morgan fingerprint density at radius 1 is 1.38 bits per heavy atom. The Kier molecular flexibility index (Phi) is 4.39. The van der Waals surface area contributed by atoms with Gasteiger partial charge in [0.1, 0.15) is 17.3 Å². The van der Waals surface area contributed by atoms with Gasteiger partial charge in [-0.15, -0.1) is 0 Å². The van der Waals surface area contributed by atoms with Crippen molar-refractivity contribution in [3.05, 3.63) is 11.5 Å². The molecule has 1 rings (SSSR count). The minimum absolute atomic E-state index is 0.186. The molecule has 0 N–H and O–H groups in total. The molecule has 0 aromatic heterocycles. The van der Waals surface area contributed by atoms with E-state index in [9.17, 15) is 4.79 Å². The first-order chi connectivity index (χ1) is 7.45. The van der Waals surface area contributed by atoms with E-state index in [1.807, 2.05) is 20.8 Å². The van der Waals surface area contributed by atoms with Crippen LogP contribution in [0.25, 0.3) is 0 Å². The number of ether oxygens (including phenoxy) is 2. The molecule has 0 aliphatic carbocycles. The van der Waals surface area contributed by atoms with Crippen molar-refractivity contribution in [1.29, 1.82) is 0 Å². The van der Waals surface area contributed by atoms with Crippen LogP contribution in [0.5, 0.6) is 0 Å². The zero-order chi connectivity index (χ0) is 12.2. The van der Waals surface area contributed by atoms with E-state index in [2.05, 4.69) is 0 Å². The summed E-state index contributed by atoms with van der Waals surface area (Å²) in [6, 6.07) is 0. The third-order valence-electron chi connectivity index (χ3n) is 2.79. The molecule has 1 aliphatic heterocycles. The molecule has 1 fully saturated rings. The molecule has 3 heteroatoms. The van der Waals surface area contributed by atoms with Crippen molar-refractivity contribution in [1.82, 2.24) is 0 Å². The van der Waals surface area contributed by atoms with Crippen molar-refractivity contribution >= 4 is 5.78 Å². The van der Waals surface area contributed by atoms with Crippen LogP contribution in [0.1, 0.15) is 46.5 Å². The summed E-state index contributed by atoms with van der Waals surface area (Å²) in [4.78, 5) is 11.9. The first-order valence-corrected chi connectivity index (χ1v) is 5.87. The Balaban J connectivity index is 2.71. The molecule has 0 saturated carbocycles. The van der Waals surface area contributed by atoms with Gasteiger partial charge in [0.15, 0.2) is 0 Å². The van der Waals surface area contributed by atoms with Gasteiger partial charge in [-0.25, -0.2) is 0 Å². The number of carbonyl (C=O) groups excluding carboxylic acids is 1. The standard InChI is InChI=1S/C13H22O3/c1-13(2,3)12(14)9-11(15-4)10-7-5-6-8-16-10/h5-9H2,1-4H3/b11-10-. The van der Waals surface area contributed by atoms with Crippen LogP contribution >= 0.6 is 0 Å². The van der Waals surface area contributed by atoms with Crippen LogP contribution < -0.4 is 0 Å². The second-order valence-electron chi connectivity index (χ2n) is 5.21. The molecule has 92 valence electrons. The lowest BCUT2D eigenvalue weighted by molar-refractivity contribution is -0.126. The first kappa shape index (κ1) is 13.1. The number of hydrogen-bond acceptors (Lipinski definition) is 3. The SMILES string of the molecule is CO/C(CC(=O)C(C)(C)C)=C1/CCCCO1. The number of ketones is 1. The van der Waals surface area contributed by atoms with E-state index in [0.29, 0.717) is 12.2 Å². The molecule has 0 spiro atoms. The van der Waals surface area contributed by atoms with E-state index < -0.39 is 0 Å². The third-order valence-corrected chi connectivity index (χ3v) is 2.79. The van der Waals surface area contributed by atoms with Crippen LogP contribution in [0.4, 0.5) is 0 Å². The summed E-state index contributed by atoms with van der Waals surface area (Å²) < 4.78 is 10.8. The third kappa shape index (κ3) is 3.54. The lowest BCUT2D eigenvalue weighted by atomic mass is 9.88. The van der Waals surface area contributed by atoms with Gasteiger partial charge in [-0.1, -0.05) is 20.8 Å². The summed E-state index contributed by atoms with van der Waals surface area (Å²) in [6.07, 6.45) is 3.44.